The maximum Gasteiger partial charge on any atom is 0.265 e. The molecule has 0 radical (unpaired) electrons. The van der Waals surface area contributed by atoms with Crippen LogP contribution in [-0.4, -0.2) is 22.0 Å². The number of aromatic nitrogens is 2. The second-order valence-electron chi connectivity index (χ2n) is 5.06. The molecule has 1 unspecified atom stereocenters. The minimum absolute atomic E-state index is 0.184. The van der Waals surface area contributed by atoms with Crippen LogP contribution in [0.4, 0.5) is 0 Å². The molecule has 0 aliphatic rings. The molecule has 0 fully saturated rings. The summed E-state index contributed by atoms with van der Waals surface area (Å²) in [4.78, 5) is 12.8. The monoisotopic (exact) mass is 312 g/mol. The van der Waals surface area contributed by atoms with Crippen molar-refractivity contribution >= 4 is 28.2 Å². The smallest absolute Gasteiger partial charge is 0.265 e. The van der Waals surface area contributed by atoms with Gasteiger partial charge >= 0.3 is 0 Å². The van der Waals surface area contributed by atoms with Crippen LogP contribution in [0.25, 0.3) is 10.8 Å². The highest BCUT2D eigenvalue weighted by Gasteiger charge is 2.18. The van der Waals surface area contributed by atoms with E-state index in [1.54, 1.807) is 6.92 Å². The molecule has 0 aliphatic heterocycles. The van der Waals surface area contributed by atoms with Crippen molar-refractivity contribution in [1.82, 2.24) is 14.9 Å². The summed E-state index contributed by atoms with van der Waals surface area (Å²) >= 11 is 1.09. The number of hydrogen-bond donors (Lipinski definition) is 2. The highest BCUT2D eigenvalue weighted by Crippen LogP contribution is 2.21. The zero-order valence-electron chi connectivity index (χ0n) is 12.1. The van der Waals surface area contributed by atoms with Gasteiger partial charge in [-0.1, -0.05) is 40.9 Å². The Hall–Kier alpha value is -2.31. The first-order valence-electron chi connectivity index (χ1n) is 6.97. The van der Waals surface area contributed by atoms with Gasteiger partial charge in [0.15, 0.2) is 0 Å². The lowest BCUT2D eigenvalue weighted by Gasteiger charge is -2.17. The molecule has 0 spiro atoms. The molecule has 1 amide bonds. The Labute approximate surface area is 132 Å². The molecule has 22 heavy (non-hydrogen) atoms. The number of fused-ring (bicyclic) bond motifs is 1. The minimum Gasteiger partial charge on any atom is -0.343 e. The number of carbonyl (C=O) groups is 1. The van der Waals surface area contributed by atoms with E-state index in [9.17, 15) is 4.79 Å². The van der Waals surface area contributed by atoms with Crippen LogP contribution in [0, 0.1) is 6.92 Å². The molecule has 1 heterocycles. The van der Waals surface area contributed by atoms with Crippen LogP contribution in [0.2, 0.25) is 0 Å². The Bertz CT molecular complexity index is 815. The van der Waals surface area contributed by atoms with E-state index in [-0.39, 0.29) is 11.9 Å². The van der Waals surface area contributed by atoms with Gasteiger partial charge in [-0.2, -0.15) is 0 Å². The van der Waals surface area contributed by atoms with Crippen LogP contribution in [0.3, 0.4) is 0 Å². The summed E-state index contributed by atoms with van der Waals surface area (Å²) in [6.45, 7) is 2.10. The second-order valence-corrected chi connectivity index (χ2v) is 5.81. The van der Waals surface area contributed by atoms with Gasteiger partial charge in [0.1, 0.15) is 4.88 Å². The van der Waals surface area contributed by atoms with E-state index < -0.39 is 0 Å². The number of amides is 1. The summed E-state index contributed by atoms with van der Waals surface area (Å²) < 4.78 is 3.79. The van der Waals surface area contributed by atoms with Gasteiger partial charge in [-0.15, -0.1) is 5.10 Å². The molecular formula is C16H16N4OS. The van der Waals surface area contributed by atoms with Crippen molar-refractivity contribution < 1.29 is 4.79 Å². The number of nitrogens with two attached hydrogens (primary N) is 1. The number of rotatable bonds is 4. The highest BCUT2D eigenvalue weighted by molar-refractivity contribution is 7.08. The number of nitrogens with one attached hydrogen (secondary N) is 1. The van der Waals surface area contributed by atoms with Crippen LogP contribution in [-0.2, 0) is 0 Å². The fourth-order valence-corrected chi connectivity index (χ4v) is 2.93. The van der Waals surface area contributed by atoms with Crippen LogP contribution in [0.1, 0.15) is 27.0 Å². The lowest BCUT2D eigenvalue weighted by Crippen LogP contribution is -2.33. The van der Waals surface area contributed by atoms with Gasteiger partial charge < -0.3 is 11.1 Å². The van der Waals surface area contributed by atoms with Gasteiger partial charge in [0, 0.05) is 6.54 Å². The van der Waals surface area contributed by atoms with Crippen molar-refractivity contribution in [1.29, 1.82) is 0 Å². The van der Waals surface area contributed by atoms with E-state index >= 15 is 0 Å². The Morgan fingerprint density at radius 3 is 2.73 bits per heavy atom. The van der Waals surface area contributed by atoms with E-state index in [0.717, 1.165) is 27.9 Å². The summed E-state index contributed by atoms with van der Waals surface area (Å²) in [7, 11) is 0. The number of nitrogens with zero attached hydrogens (tertiary/aromatic N) is 2. The predicted octanol–water partition coefficient (Wildman–Crippen LogP) is 2.43. The Morgan fingerprint density at radius 1 is 1.27 bits per heavy atom. The first-order chi connectivity index (χ1) is 10.7. The highest BCUT2D eigenvalue weighted by atomic mass is 32.1. The van der Waals surface area contributed by atoms with E-state index in [1.807, 2.05) is 30.3 Å². The first kappa shape index (κ1) is 14.6. The summed E-state index contributed by atoms with van der Waals surface area (Å²) in [5, 5.41) is 9.11. The zero-order valence-corrected chi connectivity index (χ0v) is 12.9. The average molecular weight is 312 g/mol. The normalized spacial score (nSPS) is 12.3. The fraction of sp³-hybridized carbons (Fsp3) is 0.188. The summed E-state index contributed by atoms with van der Waals surface area (Å²) in [6, 6.07) is 14.0. The zero-order chi connectivity index (χ0) is 15.5. The van der Waals surface area contributed by atoms with Crippen LogP contribution >= 0.6 is 11.5 Å². The van der Waals surface area contributed by atoms with E-state index in [2.05, 4.69) is 27.0 Å². The number of benzene rings is 2. The molecule has 1 atom stereocenters. The van der Waals surface area contributed by atoms with Gasteiger partial charge in [0.2, 0.25) is 0 Å². The fourth-order valence-electron chi connectivity index (χ4n) is 2.37. The van der Waals surface area contributed by atoms with Crippen molar-refractivity contribution in [3.05, 3.63) is 58.6 Å². The molecule has 112 valence electrons. The van der Waals surface area contributed by atoms with E-state index in [1.165, 1.54) is 0 Å². The summed E-state index contributed by atoms with van der Waals surface area (Å²) in [5.74, 6) is -0.184. The quantitative estimate of drug-likeness (QED) is 0.775. The summed E-state index contributed by atoms with van der Waals surface area (Å²) in [6.07, 6.45) is 0. The number of carbonyl (C=O) groups excluding carboxylic acids is 1. The largest absolute Gasteiger partial charge is 0.343 e. The van der Waals surface area contributed by atoms with Crippen molar-refractivity contribution in [2.75, 3.05) is 6.54 Å². The maximum absolute atomic E-state index is 12.3. The Balaban J connectivity index is 1.86. The molecule has 0 bridgehead atoms. The van der Waals surface area contributed by atoms with Crippen molar-refractivity contribution in [3.8, 4) is 0 Å². The maximum atomic E-state index is 12.3. The van der Waals surface area contributed by atoms with Gasteiger partial charge in [-0.25, -0.2) is 0 Å². The van der Waals surface area contributed by atoms with Crippen LogP contribution < -0.4 is 11.1 Å². The molecule has 1 aromatic heterocycles. The topological polar surface area (TPSA) is 80.9 Å². The predicted molar refractivity (Wildman–Crippen MR) is 87.9 cm³/mol. The van der Waals surface area contributed by atoms with Gasteiger partial charge in [0.05, 0.1) is 11.7 Å². The van der Waals surface area contributed by atoms with E-state index in [4.69, 9.17) is 5.73 Å². The summed E-state index contributed by atoms with van der Waals surface area (Å²) in [5.41, 5.74) is 7.47. The van der Waals surface area contributed by atoms with Crippen molar-refractivity contribution in [3.63, 3.8) is 0 Å². The van der Waals surface area contributed by atoms with Gasteiger partial charge in [-0.3, -0.25) is 4.79 Å². The number of aryl methyl sites for hydroxylation is 1. The molecule has 6 heteroatoms. The van der Waals surface area contributed by atoms with Crippen LogP contribution in [0.5, 0.6) is 0 Å². The molecule has 3 aromatic rings. The molecule has 0 saturated heterocycles. The molecule has 3 N–H and O–H groups in total. The lowest BCUT2D eigenvalue weighted by molar-refractivity contribution is 0.0941. The molecule has 2 aromatic carbocycles. The van der Waals surface area contributed by atoms with Crippen LogP contribution in [0.15, 0.2) is 42.5 Å². The SMILES string of the molecule is Cc1nnsc1C(=O)NC(CN)c1ccc2ccccc2c1. The van der Waals surface area contributed by atoms with E-state index in [0.29, 0.717) is 17.1 Å². The third kappa shape index (κ3) is 2.84. The van der Waals surface area contributed by atoms with Crippen molar-refractivity contribution in [2.45, 2.75) is 13.0 Å². The standard InChI is InChI=1S/C16H16N4OS/c1-10-15(22-20-19-10)16(21)18-14(9-17)13-7-6-11-4-2-3-5-12(11)8-13/h2-8,14H,9,17H2,1H3,(H,18,21). The third-order valence-corrected chi connectivity index (χ3v) is 4.40. The molecular weight excluding hydrogens is 296 g/mol. The average Bonchev–Trinajstić information content (AvgIpc) is 2.98. The van der Waals surface area contributed by atoms with Crippen molar-refractivity contribution in [2.24, 2.45) is 5.73 Å². The Kier molecular flexibility index (Phi) is 4.13. The Morgan fingerprint density at radius 2 is 2.05 bits per heavy atom. The molecule has 3 rings (SSSR count). The molecule has 5 nitrogen and oxygen atoms in total. The molecule has 0 aliphatic carbocycles. The van der Waals surface area contributed by atoms with Gasteiger partial charge in [-0.05, 0) is 40.9 Å². The number of hydrogen-bond acceptors (Lipinski definition) is 5. The molecule has 0 saturated carbocycles. The first-order valence-corrected chi connectivity index (χ1v) is 7.75. The lowest BCUT2D eigenvalue weighted by atomic mass is 10.0. The van der Waals surface area contributed by atoms with Gasteiger partial charge in [0.25, 0.3) is 5.91 Å². The third-order valence-electron chi connectivity index (χ3n) is 3.57. The second kappa shape index (κ2) is 6.21. The minimum atomic E-state index is -0.237.